The van der Waals surface area contributed by atoms with E-state index in [1.165, 1.54) is 0 Å². The van der Waals surface area contributed by atoms with Crippen LogP contribution in [0.2, 0.25) is 0 Å². The van der Waals surface area contributed by atoms with Crippen molar-refractivity contribution >= 4 is 21.9 Å². The van der Waals surface area contributed by atoms with Crippen molar-refractivity contribution in [3.8, 4) is 5.75 Å². The first-order valence-corrected chi connectivity index (χ1v) is 11.8. The number of benzene rings is 2. The van der Waals surface area contributed by atoms with Gasteiger partial charge in [0.05, 0.1) is 0 Å². The minimum atomic E-state index is -4.08. The molecule has 30 heavy (non-hydrogen) atoms. The molecule has 1 amide bonds. The van der Waals surface area contributed by atoms with Gasteiger partial charge in [0.15, 0.2) is 0 Å². The maximum atomic E-state index is 13.0. The van der Waals surface area contributed by atoms with E-state index in [1.807, 2.05) is 30.3 Å². The van der Waals surface area contributed by atoms with Gasteiger partial charge in [-0.2, -0.15) is 13.6 Å². The number of fused-ring (bicyclic) bond motifs is 1. The molecule has 162 valence electrons. The predicted molar refractivity (Wildman–Crippen MR) is 118 cm³/mol. The van der Waals surface area contributed by atoms with Crippen LogP contribution in [-0.2, 0) is 23.3 Å². The number of hydrogen-bond donors (Lipinski definition) is 1. The molecule has 2 aromatic rings. The van der Waals surface area contributed by atoms with Crippen molar-refractivity contribution in [3.05, 3.63) is 59.2 Å². The fourth-order valence-corrected chi connectivity index (χ4v) is 4.17. The summed E-state index contributed by atoms with van der Waals surface area (Å²) in [5.41, 5.74) is 3.71. The Morgan fingerprint density at radius 3 is 2.33 bits per heavy atom. The second kappa shape index (κ2) is 9.49. The molecule has 7 nitrogen and oxygen atoms in total. The van der Waals surface area contributed by atoms with Crippen molar-refractivity contribution in [3.63, 3.8) is 0 Å². The Kier molecular flexibility index (Phi) is 6.99. The van der Waals surface area contributed by atoms with Crippen LogP contribution in [0.3, 0.4) is 0 Å². The number of amides is 1. The average Bonchev–Trinajstić information content (AvgIpc) is 2.71. The number of carbonyl (C=O) groups excluding carboxylic acids is 1. The molecule has 0 saturated carbocycles. The van der Waals surface area contributed by atoms with Gasteiger partial charge in [-0.25, -0.2) is 0 Å². The van der Waals surface area contributed by atoms with Crippen molar-refractivity contribution < 1.29 is 17.4 Å². The standard InChI is InChI=1S/C22H29N3O4S/c1-3-12-24(13-4-2)20-8-5-18(6-9-20)22(26)25-14-11-17-7-10-21(15-19(17)16-25)29-30(23,27)28/h5-10,15H,3-4,11-14,16H2,1-2H3,(H2,23,27,28). The summed E-state index contributed by atoms with van der Waals surface area (Å²) in [4.78, 5) is 17.1. The van der Waals surface area contributed by atoms with Gasteiger partial charge in [0.25, 0.3) is 5.91 Å². The molecule has 0 bridgehead atoms. The summed E-state index contributed by atoms with van der Waals surface area (Å²) >= 11 is 0. The van der Waals surface area contributed by atoms with Gasteiger partial charge >= 0.3 is 10.3 Å². The molecule has 0 atom stereocenters. The fraction of sp³-hybridized carbons (Fsp3) is 0.409. The number of hydrogen-bond acceptors (Lipinski definition) is 5. The summed E-state index contributed by atoms with van der Waals surface area (Å²) in [6.07, 6.45) is 2.85. The molecule has 2 aromatic carbocycles. The third-order valence-electron chi connectivity index (χ3n) is 5.16. The van der Waals surface area contributed by atoms with Crippen molar-refractivity contribution in [2.24, 2.45) is 5.14 Å². The first-order valence-electron chi connectivity index (χ1n) is 10.3. The summed E-state index contributed by atoms with van der Waals surface area (Å²) in [6.45, 7) is 7.32. The lowest BCUT2D eigenvalue weighted by atomic mass is 9.99. The highest BCUT2D eigenvalue weighted by Crippen LogP contribution is 2.26. The molecule has 0 saturated heterocycles. The number of nitrogens with two attached hydrogens (primary N) is 1. The Morgan fingerprint density at radius 1 is 1.07 bits per heavy atom. The van der Waals surface area contributed by atoms with Crippen molar-refractivity contribution in [1.29, 1.82) is 0 Å². The van der Waals surface area contributed by atoms with Gasteiger partial charge in [-0.05, 0) is 66.8 Å². The monoisotopic (exact) mass is 431 g/mol. The van der Waals surface area contributed by atoms with Gasteiger partial charge in [0.2, 0.25) is 0 Å². The maximum Gasteiger partial charge on any atom is 0.380 e. The Bertz CT molecular complexity index is 984. The van der Waals surface area contributed by atoms with E-state index in [4.69, 9.17) is 9.32 Å². The van der Waals surface area contributed by atoms with Crippen LogP contribution in [0, 0.1) is 0 Å². The third-order valence-corrected chi connectivity index (χ3v) is 5.58. The number of rotatable bonds is 8. The molecule has 0 aromatic heterocycles. The Hall–Kier alpha value is -2.58. The van der Waals surface area contributed by atoms with Crippen LogP contribution in [0.4, 0.5) is 5.69 Å². The normalized spacial score (nSPS) is 13.6. The molecule has 0 radical (unpaired) electrons. The van der Waals surface area contributed by atoms with Gasteiger partial charge in [0, 0.05) is 37.4 Å². The number of anilines is 1. The third kappa shape index (κ3) is 5.52. The summed E-state index contributed by atoms with van der Waals surface area (Å²) in [5, 5.41) is 4.95. The van der Waals surface area contributed by atoms with Crippen molar-refractivity contribution in [2.45, 2.75) is 39.7 Å². The molecular formula is C22H29N3O4S. The zero-order valence-corrected chi connectivity index (χ0v) is 18.3. The highest BCUT2D eigenvalue weighted by Gasteiger charge is 2.23. The smallest absolute Gasteiger partial charge is 0.372 e. The predicted octanol–water partition coefficient (Wildman–Crippen LogP) is 3.09. The zero-order valence-electron chi connectivity index (χ0n) is 17.5. The maximum absolute atomic E-state index is 13.0. The lowest BCUT2D eigenvalue weighted by Gasteiger charge is -2.29. The average molecular weight is 432 g/mol. The van der Waals surface area contributed by atoms with Crippen LogP contribution in [0.25, 0.3) is 0 Å². The molecule has 0 fully saturated rings. The topological polar surface area (TPSA) is 92.9 Å². The van der Waals surface area contributed by atoms with E-state index in [0.717, 1.165) is 42.7 Å². The van der Waals surface area contributed by atoms with Gasteiger partial charge < -0.3 is 14.0 Å². The highest BCUT2D eigenvalue weighted by atomic mass is 32.2. The van der Waals surface area contributed by atoms with Gasteiger partial charge in [-0.3, -0.25) is 4.79 Å². The van der Waals surface area contributed by atoms with Crippen LogP contribution >= 0.6 is 0 Å². The fourth-order valence-electron chi connectivity index (χ4n) is 3.80. The Labute approximate surface area is 178 Å². The van der Waals surface area contributed by atoms with Crippen LogP contribution in [0.5, 0.6) is 5.75 Å². The quantitative estimate of drug-likeness (QED) is 0.693. The van der Waals surface area contributed by atoms with Crippen LogP contribution in [0.15, 0.2) is 42.5 Å². The molecule has 0 spiro atoms. The van der Waals surface area contributed by atoms with E-state index in [0.29, 0.717) is 25.1 Å². The molecule has 1 aliphatic heterocycles. The van der Waals surface area contributed by atoms with E-state index in [2.05, 4.69) is 18.7 Å². The SMILES string of the molecule is CCCN(CCC)c1ccc(C(=O)N2CCc3ccc(OS(N)(=O)=O)cc3C2)cc1. The van der Waals surface area contributed by atoms with E-state index >= 15 is 0 Å². The van der Waals surface area contributed by atoms with Gasteiger partial charge in [-0.15, -0.1) is 0 Å². The lowest BCUT2D eigenvalue weighted by molar-refractivity contribution is 0.0734. The summed E-state index contributed by atoms with van der Waals surface area (Å²) in [5.74, 6) is 0.115. The molecule has 2 N–H and O–H groups in total. The molecule has 1 aliphatic rings. The second-order valence-corrected chi connectivity index (χ2v) is 8.67. The van der Waals surface area contributed by atoms with Crippen LogP contribution < -0.4 is 14.2 Å². The number of carbonyl (C=O) groups is 1. The van der Waals surface area contributed by atoms with Gasteiger partial charge in [0.1, 0.15) is 5.75 Å². The molecule has 3 rings (SSSR count). The van der Waals surface area contributed by atoms with Crippen LogP contribution in [0.1, 0.15) is 48.2 Å². The number of nitrogens with zero attached hydrogens (tertiary/aromatic N) is 2. The summed E-state index contributed by atoms with van der Waals surface area (Å²) in [6, 6.07) is 12.8. The zero-order chi connectivity index (χ0) is 21.7. The molecule has 8 heteroatoms. The van der Waals surface area contributed by atoms with E-state index in [-0.39, 0.29) is 11.7 Å². The Morgan fingerprint density at radius 2 is 1.73 bits per heavy atom. The molecule has 0 unspecified atom stereocenters. The summed E-state index contributed by atoms with van der Waals surface area (Å²) < 4.78 is 27.1. The highest BCUT2D eigenvalue weighted by molar-refractivity contribution is 7.84. The van der Waals surface area contributed by atoms with Crippen molar-refractivity contribution in [2.75, 3.05) is 24.5 Å². The van der Waals surface area contributed by atoms with Crippen molar-refractivity contribution in [1.82, 2.24) is 4.90 Å². The first-order chi connectivity index (χ1) is 14.3. The minimum absolute atomic E-state index is 0.0394. The van der Waals surface area contributed by atoms with Gasteiger partial charge in [-0.1, -0.05) is 19.9 Å². The lowest BCUT2D eigenvalue weighted by Crippen LogP contribution is -2.36. The molecular weight excluding hydrogens is 402 g/mol. The summed E-state index contributed by atoms with van der Waals surface area (Å²) in [7, 11) is -4.08. The largest absolute Gasteiger partial charge is 0.380 e. The molecule has 1 heterocycles. The molecule has 0 aliphatic carbocycles. The second-order valence-electron chi connectivity index (χ2n) is 7.52. The van der Waals surface area contributed by atoms with Crippen LogP contribution in [-0.4, -0.2) is 38.9 Å². The van der Waals surface area contributed by atoms with E-state index < -0.39 is 10.3 Å². The Balaban J connectivity index is 1.73. The van der Waals surface area contributed by atoms with E-state index in [1.54, 1.807) is 17.0 Å². The minimum Gasteiger partial charge on any atom is -0.372 e. The first kappa shape index (κ1) is 22.1. The van der Waals surface area contributed by atoms with E-state index in [9.17, 15) is 13.2 Å².